The van der Waals surface area contributed by atoms with Crippen molar-refractivity contribution < 1.29 is 4.74 Å². The third-order valence-corrected chi connectivity index (χ3v) is 5.72. The summed E-state index contributed by atoms with van der Waals surface area (Å²) in [5, 5.41) is 1.05. The molecule has 1 aromatic heterocycles. The van der Waals surface area contributed by atoms with Gasteiger partial charge in [0.2, 0.25) is 0 Å². The van der Waals surface area contributed by atoms with Crippen molar-refractivity contribution in [1.29, 1.82) is 0 Å². The average molecular weight is 302 g/mol. The summed E-state index contributed by atoms with van der Waals surface area (Å²) >= 11 is 5.49. The SMILES string of the molecule is BrCC1(Cc2cncs2)CCOC1C1CC1. The van der Waals surface area contributed by atoms with Crippen LogP contribution in [0.5, 0.6) is 0 Å². The summed E-state index contributed by atoms with van der Waals surface area (Å²) in [6.45, 7) is 0.936. The van der Waals surface area contributed by atoms with E-state index in [-0.39, 0.29) is 0 Å². The Hall–Kier alpha value is 0.0700. The van der Waals surface area contributed by atoms with Gasteiger partial charge in [-0.05, 0) is 31.6 Å². The van der Waals surface area contributed by atoms with Crippen LogP contribution in [0.25, 0.3) is 0 Å². The lowest BCUT2D eigenvalue weighted by Gasteiger charge is -2.32. The van der Waals surface area contributed by atoms with Gasteiger partial charge in [-0.15, -0.1) is 11.3 Å². The molecule has 0 aromatic carbocycles. The van der Waals surface area contributed by atoms with Crippen molar-refractivity contribution >= 4 is 27.3 Å². The Morgan fingerprint density at radius 3 is 3.06 bits per heavy atom. The molecule has 0 bridgehead atoms. The van der Waals surface area contributed by atoms with Crippen molar-refractivity contribution in [2.75, 3.05) is 11.9 Å². The summed E-state index contributed by atoms with van der Waals surface area (Å²) in [6.07, 6.45) is 7.54. The van der Waals surface area contributed by atoms with E-state index in [4.69, 9.17) is 4.74 Å². The minimum absolute atomic E-state index is 0.327. The second-order valence-electron chi connectivity index (χ2n) is 5.02. The molecule has 2 nitrogen and oxygen atoms in total. The molecule has 88 valence electrons. The highest BCUT2D eigenvalue weighted by Crippen LogP contribution is 2.50. The van der Waals surface area contributed by atoms with E-state index < -0.39 is 0 Å². The summed E-state index contributed by atoms with van der Waals surface area (Å²) in [4.78, 5) is 5.58. The average Bonchev–Trinajstić information content (AvgIpc) is 2.86. The van der Waals surface area contributed by atoms with E-state index in [0.717, 1.165) is 24.3 Å². The predicted octanol–water partition coefficient (Wildman–Crippen LogP) is 3.27. The minimum atomic E-state index is 0.327. The monoisotopic (exact) mass is 301 g/mol. The molecular formula is C12H16BrNOS. The van der Waals surface area contributed by atoms with E-state index in [1.165, 1.54) is 24.1 Å². The summed E-state index contributed by atoms with van der Waals surface area (Å²) in [7, 11) is 0. The van der Waals surface area contributed by atoms with E-state index in [0.29, 0.717) is 11.5 Å². The largest absolute Gasteiger partial charge is 0.377 e. The highest BCUT2D eigenvalue weighted by Gasteiger charge is 2.50. The van der Waals surface area contributed by atoms with Crippen LogP contribution in [0, 0.1) is 11.3 Å². The van der Waals surface area contributed by atoms with Gasteiger partial charge in [0, 0.05) is 28.4 Å². The molecule has 2 atom stereocenters. The molecule has 1 saturated heterocycles. The molecule has 1 aliphatic heterocycles. The highest BCUT2D eigenvalue weighted by molar-refractivity contribution is 9.09. The Labute approximate surface area is 109 Å². The zero-order valence-corrected chi connectivity index (χ0v) is 11.6. The number of thiazole rings is 1. The third kappa shape index (κ3) is 1.95. The number of hydrogen-bond donors (Lipinski definition) is 0. The van der Waals surface area contributed by atoms with Gasteiger partial charge in [0.15, 0.2) is 0 Å². The maximum Gasteiger partial charge on any atom is 0.0794 e. The Morgan fingerprint density at radius 2 is 2.44 bits per heavy atom. The predicted molar refractivity (Wildman–Crippen MR) is 69.1 cm³/mol. The Balaban J connectivity index is 1.80. The molecule has 2 unspecified atom stereocenters. The lowest BCUT2D eigenvalue weighted by molar-refractivity contribution is 0.0416. The summed E-state index contributed by atoms with van der Waals surface area (Å²) in [5.74, 6) is 0.827. The lowest BCUT2D eigenvalue weighted by atomic mass is 9.77. The molecule has 1 saturated carbocycles. The molecule has 2 fully saturated rings. The molecule has 1 aromatic rings. The summed E-state index contributed by atoms with van der Waals surface area (Å²) in [5.41, 5.74) is 2.26. The van der Waals surface area contributed by atoms with Crippen molar-refractivity contribution in [2.24, 2.45) is 11.3 Å². The van der Waals surface area contributed by atoms with Gasteiger partial charge < -0.3 is 4.74 Å². The molecule has 0 N–H and O–H groups in total. The third-order valence-electron chi connectivity index (χ3n) is 3.83. The lowest BCUT2D eigenvalue weighted by Crippen LogP contribution is -2.36. The van der Waals surface area contributed by atoms with E-state index >= 15 is 0 Å². The van der Waals surface area contributed by atoms with Gasteiger partial charge in [-0.25, -0.2) is 0 Å². The molecule has 0 spiro atoms. The molecule has 2 aliphatic rings. The summed E-state index contributed by atoms with van der Waals surface area (Å²) in [6, 6.07) is 0. The van der Waals surface area contributed by atoms with E-state index in [9.17, 15) is 0 Å². The standard InChI is InChI=1S/C12H16BrNOS/c13-7-12(5-10-6-14-8-16-10)3-4-15-11(12)9-1-2-9/h6,8-9,11H,1-5,7H2. The zero-order valence-electron chi connectivity index (χ0n) is 9.19. The van der Waals surface area contributed by atoms with Crippen molar-refractivity contribution in [1.82, 2.24) is 4.98 Å². The fourth-order valence-corrected chi connectivity index (χ4v) is 4.35. The molecule has 3 rings (SSSR count). The molecule has 2 heterocycles. The maximum atomic E-state index is 5.99. The van der Waals surface area contributed by atoms with Crippen LogP contribution in [-0.4, -0.2) is 23.0 Å². The number of ether oxygens (including phenoxy) is 1. The van der Waals surface area contributed by atoms with Crippen molar-refractivity contribution in [2.45, 2.75) is 31.8 Å². The first-order chi connectivity index (χ1) is 7.84. The van der Waals surface area contributed by atoms with E-state index in [2.05, 4.69) is 20.9 Å². The van der Waals surface area contributed by atoms with Gasteiger partial charge in [-0.1, -0.05) is 15.9 Å². The molecule has 1 aliphatic carbocycles. The van der Waals surface area contributed by atoms with Crippen LogP contribution >= 0.6 is 27.3 Å². The molecule has 0 radical (unpaired) electrons. The Kier molecular flexibility index (Phi) is 3.07. The number of hydrogen-bond acceptors (Lipinski definition) is 3. The van der Waals surface area contributed by atoms with E-state index in [1.807, 2.05) is 11.7 Å². The maximum absolute atomic E-state index is 5.99. The zero-order chi connectivity index (χ0) is 11.0. The topological polar surface area (TPSA) is 22.1 Å². The number of aromatic nitrogens is 1. The molecular weight excluding hydrogens is 286 g/mol. The molecule has 16 heavy (non-hydrogen) atoms. The Morgan fingerprint density at radius 1 is 1.56 bits per heavy atom. The van der Waals surface area contributed by atoms with Crippen LogP contribution in [0.15, 0.2) is 11.7 Å². The number of alkyl halides is 1. The number of halogens is 1. The van der Waals surface area contributed by atoms with Crippen LogP contribution in [0.1, 0.15) is 24.1 Å². The first-order valence-corrected chi connectivity index (χ1v) is 7.89. The van der Waals surface area contributed by atoms with Gasteiger partial charge in [0.05, 0.1) is 11.6 Å². The first-order valence-electron chi connectivity index (χ1n) is 5.89. The van der Waals surface area contributed by atoms with Crippen LogP contribution in [0.4, 0.5) is 0 Å². The van der Waals surface area contributed by atoms with Gasteiger partial charge in [-0.3, -0.25) is 4.98 Å². The van der Waals surface area contributed by atoms with Gasteiger partial charge in [-0.2, -0.15) is 0 Å². The van der Waals surface area contributed by atoms with Gasteiger partial charge >= 0.3 is 0 Å². The van der Waals surface area contributed by atoms with Crippen molar-refractivity contribution in [3.05, 3.63) is 16.6 Å². The minimum Gasteiger partial charge on any atom is -0.377 e. The fraction of sp³-hybridized carbons (Fsp3) is 0.750. The van der Waals surface area contributed by atoms with Crippen LogP contribution < -0.4 is 0 Å². The van der Waals surface area contributed by atoms with Crippen molar-refractivity contribution in [3.63, 3.8) is 0 Å². The smallest absolute Gasteiger partial charge is 0.0794 e. The fourth-order valence-electron chi connectivity index (χ4n) is 2.80. The van der Waals surface area contributed by atoms with Crippen LogP contribution in [0.2, 0.25) is 0 Å². The quantitative estimate of drug-likeness (QED) is 0.796. The highest BCUT2D eigenvalue weighted by atomic mass is 79.9. The second-order valence-corrected chi connectivity index (χ2v) is 6.55. The molecule has 0 amide bonds. The molecule has 4 heteroatoms. The van der Waals surface area contributed by atoms with Gasteiger partial charge in [0.1, 0.15) is 0 Å². The van der Waals surface area contributed by atoms with E-state index in [1.54, 1.807) is 11.3 Å². The first kappa shape index (κ1) is 11.2. The Bertz CT molecular complexity index is 352. The summed E-state index contributed by atoms with van der Waals surface area (Å²) < 4.78 is 5.99. The van der Waals surface area contributed by atoms with Crippen molar-refractivity contribution in [3.8, 4) is 0 Å². The normalized spacial score (nSPS) is 34.4. The van der Waals surface area contributed by atoms with Gasteiger partial charge in [0.25, 0.3) is 0 Å². The van der Waals surface area contributed by atoms with Crippen LogP contribution in [-0.2, 0) is 11.2 Å². The number of rotatable bonds is 4. The second kappa shape index (κ2) is 4.39. The van der Waals surface area contributed by atoms with Crippen LogP contribution in [0.3, 0.4) is 0 Å². The number of nitrogens with zero attached hydrogens (tertiary/aromatic N) is 1.